The van der Waals surface area contributed by atoms with E-state index in [0.717, 1.165) is 22.4 Å². The molecule has 138 valence electrons. The van der Waals surface area contributed by atoms with Gasteiger partial charge in [-0.25, -0.2) is 4.39 Å². The Kier molecular flexibility index (Phi) is 4.62. The first-order valence-electron chi connectivity index (χ1n) is 8.84. The first kappa shape index (κ1) is 17.3. The number of nitrogens with zero attached hydrogens (tertiary/aromatic N) is 3. The third-order valence-electron chi connectivity index (χ3n) is 4.72. The predicted octanol–water partition coefficient (Wildman–Crippen LogP) is 3.30. The number of rotatable bonds is 5. The third kappa shape index (κ3) is 3.84. The summed E-state index contributed by atoms with van der Waals surface area (Å²) in [5, 5.41) is 4.40. The van der Waals surface area contributed by atoms with E-state index in [1.807, 2.05) is 35.9 Å². The second-order valence-electron chi connectivity index (χ2n) is 6.75. The summed E-state index contributed by atoms with van der Waals surface area (Å²) < 4.78 is 20.5. The molecule has 0 saturated heterocycles. The molecule has 0 bridgehead atoms. The van der Waals surface area contributed by atoms with Gasteiger partial charge in [0.15, 0.2) is 6.61 Å². The lowest BCUT2D eigenvalue weighted by molar-refractivity contribution is -0.134. The monoisotopic (exact) mass is 365 g/mol. The lowest BCUT2D eigenvalue weighted by Gasteiger charge is -2.16. The number of halogens is 1. The minimum Gasteiger partial charge on any atom is -0.484 e. The highest BCUT2D eigenvalue weighted by molar-refractivity contribution is 5.78. The van der Waals surface area contributed by atoms with Gasteiger partial charge in [-0.3, -0.25) is 9.48 Å². The zero-order valence-corrected chi connectivity index (χ0v) is 15.1. The Bertz CT molecular complexity index is 949. The van der Waals surface area contributed by atoms with Gasteiger partial charge in [-0.1, -0.05) is 29.8 Å². The van der Waals surface area contributed by atoms with E-state index < -0.39 is 0 Å². The smallest absolute Gasteiger partial charge is 0.261 e. The number of carbonyl (C=O) groups is 1. The van der Waals surface area contributed by atoms with Crippen LogP contribution in [0.2, 0.25) is 0 Å². The van der Waals surface area contributed by atoms with Crippen LogP contribution in [0.4, 0.5) is 4.39 Å². The van der Waals surface area contributed by atoms with Crippen LogP contribution in [0.3, 0.4) is 0 Å². The van der Waals surface area contributed by atoms with Gasteiger partial charge in [-0.15, -0.1) is 0 Å². The van der Waals surface area contributed by atoms with Crippen LogP contribution < -0.4 is 4.74 Å². The Hall–Kier alpha value is -3.15. The summed E-state index contributed by atoms with van der Waals surface area (Å²) in [4.78, 5) is 14.3. The number of fused-ring (bicyclic) bond motifs is 1. The van der Waals surface area contributed by atoms with Crippen molar-refractivity contribution in [2.45, 2.75) is 26.6 Å². The van der Waals surface area contributed by atoms with Gasteiger partial charge in [-0.2, -0.15) is 5.10 Å². The number of aromatic nitrogens is 2. The van der Waals surface area contributed by atoms with Crippen molar-refractivity contribution in [1.82, 2.24) is 14.7 Å². The van der Waals surface area contributed by atoms with Crippen molar-refractivity contribution in [3.8, 4) is 5.75 Å². The van der Waals surface area contributed by atoms with Crippen LogP contribution in [0.1, 0.15) is 22.4 Å². The summed E-state index contributed by atoms with van der Waals surface area (Å²) in [6.07, 6.45) is 1.80. The molecule has 1 aromatic heterocycles. The number of ether oxygens (including phenoxy) is 1. The molecule has 1 aliphatic heterocycles. The maximum Gasteiger partial charge on any atom is 0.261 e. The van der Waals surface area contributed by atoms with Gasteiger partial charge in [0, 0.05) is 12.1 Å². The number of amides is 1. The van der Waals surface area contributed by atoms with Crippen molar-refractivity contribution in [1.29, 1.82) is 0 Å². The molecule has 2 heterocycles. The van der Waals surface area contributed by atoms with Crippen LogP contribution in [0.5, 0.6) is 5.75 Å². The minimum atomic E-state index is -0.255. The summed E-state index contributed by atoms with van der Waals surface area (Å²) in [5.74, 6) is 0.378. The van der Waals surface area contributed by atoms with Gasteiger partial charge >= 0.3 is 0 Å². The summed E-state index contributed by atoms with van der Waals surface area (Å²) in [6.45, 7) is 3.61. The Labute approximate surface area is 157 Å². The SMILES string of the molecule is Cc1ccc(OCC(=O)N2Cc3cnn(Cc4ccc(F)cc4)c3C2)cc1. The molecule has 0 saturated carbocycles. The summed E-state index contributed by atoms with van der Waals surface area (Å²) in [5.41, 5.74) is 4.17. The molecular weight excluding hydrogens is 345 g/mol. The lowest BCUT2D eigenvalue weighted by Crippen LogP contribution is -2.31. The van der Waals surface area contributed by atoms with Crippen LogP contribution in [0, 0.1) is 12.7 Å². The van der Waals surface area contributed by atoms with Gasteiger partial charge in [0.25, 0.3) is 5.91 Å². The number of aryl methyl sites for hydroxylation is 1. The summed E-state index contributed by atoms with van der Waals surface area (Å²) in [7, 11) is 0. The topological polar surface area (TPSA) is 47.4 Å². The maximum absolute atomic E-state index is 13.1. The van der Waals surface area contributed by atoms with Crippen LogP contribution in [0.25, 0.3) is 0 Å². The van der Waals surface area contributed by atoms with Crippen molar-refractivity contribution in [3.63, 3.8) is 0 Å². The first-order valence-corrected chi connectivity index (χ1v) is 8.84. The van der Waals surface area contributed by atoms with Crippen LogP contribution in [-0.4, -0.2) is 27.2 Å². The standard InChI is InChI=1S/C21H20FN3O2/c1-15-2-8-19(9-3-15)27-14-21(26)24-12-17-10-23-25(20(17)13-24)11-16-4-6-18(22)7-5-16/h2-10H,11-14H2,1H3. The maximum atomic E-state index is 13.1. The van der Waals surface area contributed by atoms with E-state index in [1.165, 1.54) is 12.1 Å². The normalized spacial score (nSPS) is 12.9. The molecule has 0 aliphatic carbocycles. The van der Waals surface area contributed by atoms with E-state index in [4.69, 9.17) is 4.74 Å². The fourth-order valence-corrected chi connectivity index (χ4v) is 3.15. The molecule has 6 heteroatoms. The molecule has 27 heavy (non-hydrogen) atoms. The predicted molar refractivity (Wildman–Crippen MR) is 98.7 cm³/mol. The number of carbonyl (C=O) groups excluding carboxylic acids is 1. The largest absolute Gasteiger partial charge is 0.484 e. The molecule has 0 N–H and O–H groups in total. The zero-order chi connectivity index (χ0) is 18.8. The van der Waals surface area contributed by atoms with E-state index >= 15 is 0 Å². The minimum absolute atomic E-state index is 0.0126. The van der Waals surface area contributed by atoms with E-state index in [2.05, 4.69) is 5.10 Å². The third-order valence-corrected chi connectivity index (χ3v) is 4.72. The molecule has 1 amide bonds. The number of hydrogen-bond donors (Lipinski definition) is 0. The van der Waals surface area contributed by atoms with E-state index in [-0.39, 0.29) is 18.3 Å². The van der Waals surface area contributed by atoms with Gasteiger partial charge in [0.1, 0.15) is 11.6 Å². The average molecular weight is 365 g/mol. The highest BCUT2D eigenvalue weighted by Gasteiger charge is 2.27. The molecule has 0 atom stereocenters. The Morgan fingerprint density at radius 2 is 1.85 bits per heavy atom. The fourth-order valence-electron chi connectivity index (χ4n) is 3.15. The molecule has 0 unspecified atom stereocenters. The second-order valence-corrected chi connectivity index (χ2v) is 6.75. The second kappa shape index (κ2) is 7.23. The lowest BCUT2D eigenvalue weighted by atomic mass is 10.2. The quantitative estimate of drug-likeness (QED) is 0.697. The molecule has 3 aromatic rings. The highest BCUT2D eigenvalue weighted by atomic mass is 19.1. The van der Waals surface area contributed by atoms with Crippen LogP contribution >= 0.6 is 0 Å². The van der Waals surface area contributed by atoms with Gasteiger partial charge in [-0.05, 0) is 36.8 Å². The molecular formula is C21H20FN3O2. The van der Waals surface area contributed by atoms with Crippen molar-refractivity contribution in [2.75, 3.05) is 6.61 Å². The number of hydrogen-bond acceptors (Lipinski definition) is 3. The molecule has 0 radical (unpaired) electrons. The summed E-state index contributed by atoms with van der Waals surface area (Å²) in [6, 6.07) is 14.0. The van der Waals surface area contributed by atoms with Crippen molar-refractivity contribution in [3.05, 3.63) is 82.9 Å². The summed E-state index contributed by atoms with van der Waals surface area (Å²) >= 11 is 0. The fraction of sp³-hybridized carbons (Fsp3) is 0.238. The van der Waals surface area contributed by atoms with Gasteiger partial charge in [0.05, 0.1) is 25.0 Å². The molecule has 5 nitrogen and oxygen atoms in total. The molecule has 0 spiro atoms. The molecule has 0 fully saturated rings. The zero-order valence-electron chi connectivity index (χ0n) is 15.1. The van der Waals surface area contributed by atoms with Gasteiger partial charge in [0.2, 0.25) is 0 Å². The Morgan fingerprint density at radius 3 is 2.59 bits per heavy atom. The van der Waals surface area contributed by atoms with E-state index in [9.17, 15) is 9.18 Å². The molecule has 4 rings (SSSR count). The molecule has 1 aliphatic rings. The van der Waals surface area contributed by atoms with E-state index in [0.29, 0.717) is 25.4 Å². The van der Waals surface area contributed by atoms with Crippen LogP contribution in [-0.2, 0) is 24.4 Å². The van der Waals surface area contributed by atoms with Crippen molar-refractivity contribution in [2.24, 2.45) is 0 Å². The highest BCUT2D eigenvalue weighted by Crippen LogP contribution is 2.23. The van der Waals surface area contributed by atoms with E-state index in [1.54, 1.807) is 23.2 Å². The first-order chi connectivity index (χ1) is 13.1. The Balaban J connectivity index is 1.37. The van der Waals surface area contributed by atoms with Crippen molar-refractivity contribution >= 4 is 5.91 Å². The molecule has 2 aromatic carbocycles. The van der Waals surface area contributed by atoms with Crippen molar-refractivity contribution < 1.29 is 13.9 Å². The average Bonchev–Trinajstić information content (AvgIpc) is 3.25. The number of benzene rings is 2. The Morgan fingerprint density at radius 1 is 1.11 bits per heavy atom. The van der Waals surface area contributed by atoms with Gasteiger partial charge < -0.3 is 9.64 Å². The van der Waals surface area contributed by atoms with Crippen LogP contribution in [0.15, 0.2) is 54.7 Å².